The van der Waals surface area contributed by atoms with Gasteiger partial charge in [-0.3, -0.25) is 0 Å². The van der Waals surface area contributed by atoms with Crippen molar-refractivity contribution in [3.8, 4) is 0 Å². The molecule has 4 nitrogen and oxygen atoms in total. The first-order valence-corrected chi connectivity index (χ1v) is 4.64. The Bertz CT molecular complexity index is 502. The van der Waals surface area contributed by atoms with Gasteiger partial charge in [0.15, 0.2) is 0 Å². The average molecular weight is 204 g/mol. The van der Waals surface area contributed by atoms with Crippen LogP contribution in [0.2, 0.25) is 0 Å². The SMILES string of the molecule is COC(=O)c1cc2cc(CN)ccc2[nH]1. The highest BCUT2D eigenvalue weighted by molar-refractivity contribution is 5.94. The van der Waals surface area contributed by atoms with Crippen LogP contribution in [0.5, 0.6) is 0 Å². The molecule has 0 aliphatic heterocycles. The number of ether oxygens (including phenoxy) is 1. The number of H-pyrrole nitrogens is 1. The van der Waals surface area contributed by atoms with Crippen LogP contribution < -0.4 is 5.73 Å². The molecule has 4 heteroatoms. The fraction of sp³-hybridized carbons (Fsp3) is 0.182. The lowest BCUT2D eigenvalue weighted by Crippen LogP contribution is -2.00. The Labute approximate surface area is 87.0 Å². The summed E-state index contributed by atoms with van der Waals surface area (Å²) in [5, 5.41) is 0.971. The Morgan fingerprint density at radius 2 is 2.27 bits per heavy atom. The second-order valence-electron chi connectivity index (χ2n) is 3.30. The van der Waals surface area contributed by atoms with Gasteiger partial charge in [0.05, 0.1) is 7.11 Å². The Balaban J connectivity index is 2.51. The third kappa shape index (κ3) is 1.71. The van der Waals surface area contributed by atoms with Gasteiger partial charge in [0, 0.05) is 17.4 Å². The Morgan fingerprint density at radius 3 is 2.93 bits per heavy atom. The van der Waals surface area contributed by atoms with E-state index in [1.807, 2.05) is 18.2 Å². The number of carbonyl (C=O) groups is 1. The molecule has 3 N–H and O–H groups in total. The zero-order valence-electron chi connectivity index (χ0n) is 8.41. The van der Waals surface area contributed by atoms with Crippen LogP contribution in [0.15, 0.2) is 24.3 Å². The van der Waals surface area contributed by atoms with Gasteiger partial charge in [0.1, 0.15) is 5.69 Å². The minimum atomic E-state index is -0.361. The second kappa shape index (κ2) is 3.74. The lowest BCUT2D eigenvalue weighted by atomic mass is 10.1. The van der Waals surface area contributed by atoms with Crippen molar-refractivity contribution in [2.24, 2.45) is 5.73 Å². The molecule has 15 heavy (non-hydrogen) atoms. The maximum atomic E-state index is 11.3. The Hall–Kier alpha value is -1.81. The summed E-state index contributed by atoms with van der Waals surface area (Å²) >= 11 is 0. The molecule has 0 bridgehead atoms. The predicted molar refractivity (Wildman–Crippen MR) is 57.5 cm³/mol. The molecule has 1 heterocycles. The number of carbonyl (C=O) groups excluding carboxylic acids is 1. The van der Waals surface area contributed by atoms with Crippen LogP contribution in [0.1, 0.15) is 16.1 Å². The van der Waals surface area contributed by atoms with Crippen LogP contribution in [0.4, 0.5) is 0 Å². The molecule has 0 spiro atoms. The topological polar surface area (TPSA) is 68.1 Å². The number of methoxy groups -OCH3 is 1. The molecule has 0 unspecified atom stereocenters. The van der Waals surface area contributed by atoms with Gasteiger partial charge in [0.25, 0.3) is 0 Å². The molecule has 0 aliphatic rings. The molecule has 2 rings (SSSR count). The third-order valence-corrected chi connectivity index (χ3v) is 2.33. The lowest BCUT2D eigenvalue weighted by Gasteiger charge is -1.95. The summed E-state index contributed by atoms with van der Waals surface area (Å²) in [6.45, 7) is 0.495. The maximum Gasteiger partial charge on any atom is 0.354 e. The number of esters is 1. The van der Waals surface area contributed by atoms with Crippen molar-refractivity contribution in [1.82, 2.24) is 4.98 Å². The molecule has 0 fully saturated rings. The summed E-state index contributed by atoms with van der Waals surface area (Å²) in [7, 11) is 1.36. The highest BCUT2D eigenvalue weighted by Gasteiger charge is 2.08. The highest BCUT2D eigenvalue weighted by Crippen LogP contribution is 2.17. The summed E-state index contributed by atoms with van der Waals surface area (Å²) in [6.07, 6.45) is 0. The minimum absolute atomic E-state index is 0.361. The number of nitrogens with two attached hydrogens (primary N) is 1. The molecule has 0 aliphatic carbocycles. The van der Waals surface area contributed by atoms with E-state index >= 15 is 0 Å². The van der Waals surface area contributed by atoms with E-state index in [9.17, 15) is 4.79 Å². The first-order chi connectivity index (χ1) is 7.24. The average Bonchev–Trinajstić information content (AvgIpc) is 2.70. The monoisotopic (exact) mass is 204 g/mol. The molecule has 0 amide bonds. The van der Waals surface area contributed by atoms with Gasteiger partial charge in [-0.05, 0) is 23.8 Å². The fourth-order valence-corrected chi connectivity index (χ4v) is 1.53. The van der Waals surface area contributed by atoms with Crippen molar-refractivity contribution in [2.75, 3.05) is 7.11 Å². The fourth-order valence-electron chi connectivity index (χ4n) is 1.53. The molecule has 0 atom stereocenters. The van der Waals surface area contributed by atoms with E-state index in [1.54, 1.807) is 6.07 Å². The van der Waals surface area contributed by atoms with Gasteiger partial charge >= 0.3 is 5.97 Å². The number of hydrogen-bond donors (Lipinski definition) is 2. The number of benzene rings is 1. The zero-order chi connectivity index (χ0) is 10.8. The van der Waals surface area contributed by atoms with Crippen LogP contribution in [-0.4, -0.2) is 18.1 Å². The molecule has 78 valence electrons. The van der Waals surface area contributed by atoms with Gasteiger partial charge in [0.2, 0.25) is 0 Å². The van der Waals surface area contributed by atoms with Crippen LogP contribution in [0.3, 0.4) is 0 Å². The van der Waals surface area contributed by atoms with Gasteiger partial charge in [-0.1, -0.05) is 6.07 Å². The molecular formula is C11H12N2O2. The standard InChI is InChI=1S/C11H12N2O2/c1-15-11(14)10-5-8-4-7(6-12)2-3-9(8)13-10/h2-5,13H,6,12H2,1H3. The van der Waals surface area contributed by atoms with Gasteiger partial charge in [-0.15, -0.1) is 0 Å². The third-order valence-electron chi connectivity index (χ3n) is 2.33. The lowest BCUT2D eigenvalue weighted by molar-refractivity contribution is 0.0595. The Morgan fingerprint density at radius 1 is 1.47 bits per heavy atom. The van der Waals surface area contributed by atoms with Crippen molar-refractivity contribution in [2.45, 2.75) is 6.54 Å². The number of aromatic nitrogens is 1. The van der Waals surface area contributed by atoms with E-state index in [0.29, 0.717) is 12.2 Å². The normalized spacial score (nSPS) is 10.5. The summed E-state index contributed by atoms with van der Waals surface area (Å²) in [6, 6.07) is 7.56. The smallest absolute Gasteiger partial charge is 0.354 e. The van der Waals surface area contributed by atoms with Crippen molar-refractivity contribution in [3.05, 3.63) is 35.5 Å². The van der Waals surface area contributed by atoms with E-state index in [4.69, 9.17) is 5.73 Å². The number of aromatic amines is 1. The summed E-state index contributed by atoms with van der Waals surface area (Å²) in [4.78, 5) is 14.2. The first-order valence-electron chi connectivity index (χ1n) is 4.64. The van der Waals surface area contributed by atoms with Gasteiger partial charge in [-0.2, -0.15) is 0 Å². The highest BCUT2D eigenvalue weighted by atomic mass is 16.5. The number of hydrogen-bond acceptors (Lipinski definition) is 3. The molecule has 0 radical (unpaired) electrons. The first kappa shape index (κ1) is 9.73. The molecule has 1 aromatic heterocycles. The quantitative estimate of drug-likeness (QED) is 0.727. The van der Waals surface area contributed by atoms with E-state index in [1.165, 1.54) is 7.11 Å². The Kier molecular flexibility index (Phi) is 2.43. The second-order valence-corrected chi connectivity index (χ2v) is 3.30. The molecule has 0 saturated carbocycles. The van der Waals surface area contributed by atoms with E-state index in [-0.39, 0.29) is 5.97 Å². The summed E-state index contributed by atoms with van der Waals surface area (Å²) < 4.78 is 4.63. The van der Waals surface area contributed by atoms with Crippen LogP contribution in [0.25, 0.3) is 10.9 Å². The van der Waals surface area contributed by atoms with Crippen molar-refractivity contribution >= 4 is 16.9 Å². The molecule has 0 saturated heterocycles. The molecule has 1 aromatic carbocycles. The van der Waals surface area contributed by atoms with Crippen molar-refractivity contribution in [3.63, 3.8) is 0 Å². The largest absolute Gasteiger partial charge is 0.464 e. The van der Waals surface area contributed by atoms with Crippen LogP contribution in [0, 0.1) is 0 Å². The summed E-state index contributed by atoms with van der Waals surface area (Å²) in [5.41, 5.74) is 7.94. The van der Waals surface area contributed by atoms with E-state index in [2.05, 4.69) is 9.72 Å². The van der Waals surface area contributed by atoms with Crippen LogP contribution >= 0.6 is 0 Å². The maximum absolute atomic E-state index is 11.3. The predicted octanol–water partition coefficient (Wildman–Crippen LogP) is 1.41. The molecule has 2 aromatic rings. The van der Waals surface area contributed by atoms with E-state index < -0.39 is 0 Å². The summed E-state index contributed by atoms with van der Waals surface area (Å²) in [5.74, 6) is -0.361. The number of fused-ring (bicyclic) bond motifs is 1. The van der Waals surface area contributed by atoms with Crippen molar-refractivity contribution in [1.29, 1.82) is 0 Å². The van der Waals surface area contributed by atoms with Crippen LogP contribution in [-0.2, 0) is 11.3 Å². The van der Waals surface area contributed by atoms with Crippen molar-refractivity contribution < 1.29 is 9.53 Å². The van der Waals surface area contributed by atoms with Gasteiger partial charge < -0.3 is 15.5 Å². The number of rotatable bonds is 2. The van der Waals surface area contributed by atoms with E-state index in [0.717, 1.165) is 16.5 Å². The zero-order valence-corrected chi connectivity index (χ0v) is 8.41. The number of nitrogens with one attached hydrogen (secondary N) is 1. The van der Waals surface area contributed by atoms with Gasteiger partial charge in [-0.25, -0.2) is 4.79 Å². The minimum Gasteiger partial charge on any atom is -0.464 e. The molecular weight excluding hydrogens is 192 g/mol.